The van der Waals surface area contributed by atoms with Gasteiger partial charge in [-0.05, 0) is 36.5 Å². The average Bonchev–Trinajstić information content (AvgIpc) is 2.39. The Morgan fingerprint density at radius 1 is 1.05 bits per heavy atom. The molecule has 4 nitrogen and oxygen atoms in total. The third-order valence-corrected chi connectivity index (χ3v) is 3.29. The number of benzene rings is 1. The zero-order valence-electron chi connectivity index (χ0n) is 12.5. The molecule has 0 spiro atoms. The molecule has 2 N–H and O–H groups in total. The third-order valence-electron chi connectivity index (χ3n) is 3.29. The molecule has 1 rings (SSSR count). The quantitative estimate of drug-likeness (QED) is 0.577. The molecule has 112 valence electrons. The predicted octanol–water partition coefficient (Wildman–Crippen LogP) is 4.31. The van der Waals surface area contributed by atoms with Crippen LogP contribution in [-0.2, 0) is 19.3 Å². The van der Waals surface area contributed by atoms with Crippen molar-refractivity contribution in [2.24, 2.45) is 0 Å². The van der Waals surface area contributed by atoms with E-state index < -0.39 is 6.16 Å². The maximum atomic E-state index is 10.7. The van der Waals surface area contributed by atoms with Crippen molar-refractivity contribution in [2.45, 2.75) is 59.3 Å². The standard InChI is InChI=1S/C16H24O4/c1-4-7-11-10-14(20-16(18)19)15(17)13(9-6-3)12(11)8-5-2/h10,17H,4-9H2,1-3H3,(H,18,19). The molecule has 0 radical (unpaired) electrons. The number of phenols is 1. The summed E-state index contributed by atoms with van der Waals surface area (Å²) in [5, 5.41) is 19.1. The maximum Gasteiger partial charge on any atom is 0.511 e. The molecule has 0 saturated heterocycles. The van der Waals surface area contributed by atoms with Gasteiger partial charge >= 0.3 is 6.16 Å². The largest absolute Gasteiger partial charge is 0.511 e. The van der Waals surface area contributed by atoms with Gasteiger partial charge < -0.3 is 14.9 Å². The highest BCUT2D eigenvalue weighted by Gasteiger charge is 2.18. The Bertz CT molecular complexity index is 466. The molecule has 0 heterocycles. The summed E-state index contributed by atoms with van der Waals surface area (Å²) in [6, 6.07) is 1.68. The van der Waals surface area contributed by atoms with Gasteiger partial charge in [-0.25, -0.2) is 4.79 Å². The Labute approximate surface area is 120 Å². The number of carbonyl (C=O) groups is 1. The molecule has 0 aliphatic heterocycles. The summed E-state index contributed by atoms with van der Waals surface area (Å²) in [6.45, 7) is 6.23. The summed E-state index contributed by atoms with van der Waals surface area (Å²) in [4.78, 5) is 10.7. The maximum absolute atomic E-state index is 10.7. The van der Waals surface area contributed by atoms with Crippen LogP contribution in [0.4, 0.5) is 4.79 Å². The molecule has 1 aromatic carbocycles. The minimum absolute atomic E-state index is 0.0162. The summed E-state index contributed by atoms with van der Waals surface area (Å²) < 4.78 is 4.72. The molecule has 0 aromatic heterocycles. The Kier molecular flexibility index (Phi) is 6.36. The Hall–Kier alpha value is -1.71. The number of hydrogen-bond donors (Lipinski definition) is 2. The molecule has 0 unspecified atom stereocenters. The topological polar surface area (TPSA) is 66.8 Å². The van der Waals surface area contributed by atoms with Crippen molar-refractivity contribution in [1.82, 2.24) is 0 Å². The Morgan fingerprint density at radius 2 is 1.60 bits per heavy atom. The van der Waals surface area contributed by atoms with Crippen LogP contribution in [0.15, 0.2) is 6.07 Å². The van der Waals surface area contributed by atoms with Crippen LogP contribution in [0.3, 0.4) is 0 Å². The molecule has 20 heavy (non-hydrogen) atoms. The lowest BCUT2D eigenvalue weighted by Gasteiger charge is -2.18. The van der Waals surface area contributed by atoms with E-state index in [2.05, 4.69) is 13.8 Å². The second-order valence-electron chi connectivity index (χ2n) is 4.96. The van der Waals surface area contributed by atoms with Gasteiger partial charge in [0.05, 0.1) is 0 Å². The van der Waals surface area contributed by atoms with Crippen molar-refractivity contribution in [3.63, 3.8) is 0 Å². The molecule has 0 amide bonds. The SMILES string of the molecule is CCCc1cc(OC(=O)O)c(O)c(CCC)c1CCC. The number of phenolic OH excluding ortho intramolecular Hbond substituents is 1. The number of carboxylic acid groups (broad SMARTS) is 1. The van der Waals surface area contributed by atoms with Crippen molar-refractivity contribution < 1.29 is 19.7 Å². The Balaban J connectivity index is 3.39. The van der Waals surface area contributed by atoms with Crippen molar-refractivity contribution in [3.05, 3.63) is 22.8 Å². The molecule has 0 aliphatic rings. The van der Waals surface area contributed by atoms with Crippen LogP contribution in [0, 0.1) is 0 Å². The fourth-order valence-corrected chi connectivity index (χ4v) is 2.54. The van der Waals surface area contributed by atoms with Crippen LogP contribution in [-0.4, -0.2) is 16.4 Å². The molecule has 0 aliphatic carbocycles. The smallest absolute Gasteiger partial charge is 0.504 e. The van der Waals surface area contributed by atoms with Crippen molar-refractivity contribution in [3.8, 4) is 11.5 Å². The van der Waals surface area contributed by atoms with E-state index in [1.165, 1.54) is 0 Å². The van der Waals surface area contributed by atoms with Gasteiger partial charge in [0.15, 0.2) is 11.5 Å². The first kappa shape index (κ1) is 16.3. The average molecular weight is 280 g/mol. The van der Waals surface area contributed by atoms with Crippen LogP contribution >= 0.6 is 0 Å². The zero-order valence-corrected chi connectivity index (χ0v) is 12.5. The number of aryl methyl sites for hydroxylation is 1. The van der Waals surface area contributed by atoms with Gasteiger partial charge in [-0.1, -0.05) is 40.0 Å². The van der Waals surface area contributed by atoms with E-state index in [0.717, 1.165) is 55.2 Å². The normalized spacial score (nSPS) is 10.6. The van der Waals surface area contributed by atoms with E-state index in [1.807, 2.05) is 6.92 Å². The summed E-state index contributed by atoms with van der Waals surface area (Å²) in [6.07, 6.45) is 3.95. The second-order valence-corrected chi connectivity index (χ2v) is 4.96. The molecule has 0 fully saturated rings. The predicted molar refractivity (Wildman–Crippen MR) is 78.7 cm³/mol. The highest BCUT2D eigenvalue weighted by Crippen LogP contribution is 2.37. The van der Waals surface area contributed by atoms with E-state index in [9.17, 15) is 9.90 Å². The van der Waals surface area contributed by atoms with Crippen molar-refractivity contribution in [2.75, 3.05) is 0 Å². The fraction of sp³-hybridized carbons (Fsp3) is 0.562. The molecule has 4 heteroatoms. The first-order chi connectivity index (χ1) is 9.54. The van der Waals surface area contributed by atoms with Crippen LogP contribution in [0.1, 0.15) is 56.7 Å². The fourth-order valence-electron chi connectivity index (χ4n) is 2.54. The summed E-state index contributed by atoms with van der Waals surface area (Å²) in [7, 11) is 0. The van der Waals surface area contributed by atoms with E-state index >= 15 is 0 Å². The highest BCUT2D eigenvalue weighted by molar-refractivity contribution is 5.65. The van der Waals surface area contributed by atoms with Crippen LogP contribution < -0.4 is 4.74 Å². The molecular weight excluding hydrogens is 256 g/mol. The number of ether oxygens (including phenoxy) is 1. The Morgan fingerprint density at radius 3 is 2.10 bits per heavy atom. The van der Waals surface area contributed by atoms with Gasteiger partial charge in [-0.3, -0.25) is 0 Å². The first-order valence-corrected chi connectivity index (χ1v) is 7.32. The van der Waals surface area contributed by atoms with Crippen LogP contribution in [0.2, 0.25) is 0 Å². The lowest BCUT2D eigenvalue weighted by atomic mass is 9.91. The van der Waals surface area contributed by atoms with Crippen molar-refractivity contribution >= 4 is 6.16 Å². The van der Waals surface area contributed by atoms with Crippen LogP contribution in [0.5, 0.6) is 11.5 Å². The summed E-state index contributed by atoms with van der Waals surface area (Å²) in [5.74, 6) is 0.0433. The van der Waals surface area contributed by atoms with Gasteiger partial charge in [0.25, 0.3) is 0 Å². The van der Waals surface area contributed by atoms with E-state index in [-0.39, 0.29) is 11.5 Å². The van der Waals surface area contributed by atoms with Gasteiger partial charge in [0.2, 0.25) is 0 Å². The van der Waals surface area contributed by atoms with Gasteiger partial charge in [-0.2, -0.15) is 0 Å². The lowest BCUT2D eigenvalue weighted by molar-refractivity contribution is 0.142. The van der Waals surface area contributed by atoms with Crippen molar-refractivity contribution in [1.29, 1.82) is 0 Å². The molecular formula is C16H24O4. The number of hydrogen-bond acceptors (Lipinski definition) is 3. The molecule has 0 bridgehead atoms. The molecule has 0 atom stereocenters. The van der Waals surface area contributed by atoms with E-state index in [4.69, 9.17) is 9.84 Å². The highest BCUT2D eigenvalue weighted by atomic mass is 16.7. The number of rotatable bonds is 7. The third kappa shape index (κ3) is 3.89. The summed E-state index contributed by atoms with van der Waals surface area (Å²) in [5.41, 5.74) is 3.09. The first-order valence-electron chi connectivity index (χ1n) is 7.32. The van der Waals surface area contributed by atoms with E-state index in [1.54, 1.807) is 6.07 Å². The van der Waals surface area contributed by atoms with Gasteiger partial charge in [0, 0.05) is 5.56 Å². The lowest BCUT2D eigenvalue weighted by Crippen LogP contribution is -2.07. The van der Waals surface area contributed by atoms with Crippen LogP contribution in [0.25, 0.3) is 0 Å². The monoisotopic (exact) mass is 280 g/mol. The zero-order chi connectivity index (χ0) is 15.1. The molecule has 1 aromatic rings. The van der Waals surface area contributed by atoms with E-state index in [0.29, 0.717) is 0 Å². The minimum atomic E-state index is -1.39. The summed E-state index contributed by atoms with van der Waals surface area (Å²) >= 11 is 0. The second kappa shape index (κ2) is 7.78. The molecule has 0 saturated carbocycles. The van der Waals surface area contributed by atoms with Gasteiger partial charge in [0.1, 0.15) is 0 Å². The number of aromatic hydroxyl groups is 1. The minimum Gasteiger partial charge on any atom is -0.504 e. The van der Waals surface area contributed by atoms with Gasteiger partial charge in [-0.15, -0.1) is 0 Å².